The summed E-state index contributed by atoms with van der Waals surface area (Å²) in [6.07, 6.45) is 1.51. The highest BCUT2D eigenvalue weighted by Crippen LogP contribution is 2.28. The number of nitrogens with one attached hydrogen (secondary N) is 2. The molecule has 188 valence electrons. The number of ether oxygens (including phenoxy) is 2. The second kappa shape index (κ2) is 10.5. The van der Waals surface area contributed by atoms with Crippen LogP contribution in [0.3, 0.4) is 0 Å². The van der Waals surface area contributed by atoms with E-state index >= 15 is 0 Å². The number of furan rings is 1. The molecule has 0 saturated heterocycles. The van der Waals surface area contributed by atoms with Gasteiger partial charge < -0.3 is 24.5 Å². The smallest absolute Gasteiger partial charge is 0.338 e. The van der Waals surface area contributed by atoms with E-state index in [0.717, 1.165) is 10.5 Å². The van der Waals surface area contributed by atoms with Crippen molar-refractivity contribution in [2.24, 2.45) is 0 Å². The lowest BCUT2D eigenvalue weighted by atomic mass is 10.0. The Morgan fingerprint density at radius 1 is 1.08 bits per heavy atom. The summed E-state index contributed by atoms with van der Waals surface area (Å²) >= 11 is 0. The van der Waals surface area contributed by atoms with E-state index in [4.69, 9.17) is 13.9 Å². The largest absolute Gasteiger partial charge is 0.467 e. The van der Waals surface area contributed by atoms with Crippen LogP contribution in [-0.4, -0.2) is 54.4 Å². The second-order valence-electron chi connectivity index (χ2n) is 8.23. The van der Waals surface area contributed by atoms with Crippen LogP contribution in [0, 0.1) is 6.92 Å². The first-order valence-corrected chi connectivity index (χ1v) is 11.4. The SMILES string of the molecule is CCOC(=O)C1=C(COC(=O)CCCN2C(=O)c3ccc(C)cc3C2=O)NC(=O)NC1c1ccco1. The van der Waals surface area contributed by atoms with Gasteiger partial charge in [0.15, 0.2) is 0 Å². The molecule has 4 rings (SSSR count). The lowest BCUT2D eigenvalue weighted by Crippen LogP contribution is -2.47. The fourth-order valence-electron chi connectivity index (χ4n) is 4.06. The van der Waals surface area contributed by atoms with Gasteiger partial charge in [-0.25, -0.2) is 9.59 Å². The van der Waals surface area contributed by atoms with E-state index in [9.17, 15) is 24.0 Å². The fourth-order valence-corrected chi connectivity index (χ4v) is 4.06. The van der Waals surface area contributed by atoms with Crippen LogP contribution in [0.15, 0.2) is 52.3 Å². The van der Waals surface area contributed by atoms with Gasteiger partial charge in [0.25, 0.3) is 11.8 Å². The Kier molecular flexibility index (Phi) is 7.18. The summed E-state index contributed by atoms with van der Waals surface area (Å²) in [5.74, 6) is -1.79. The number of aryl methyl sites for hydroxylation is 1. The zero-order valence-electron chi connectivity index (χ0n) is 19.8. The van der Waals surface area contributed by atoms with E-state index < -0.39 is 35.8 Å². The number of hydrogen-bond donors (Lipinski definition) is 2. The molecule has 11 nitrogen and oxygen atoms in total. The molecule has 2 aromatic rings. The molecule has 1 unspecified atom stereocenters. The highest BCUT2D eigenvalue weighted by molar-refractivity contribution is 6.21. The Hall–Kier alpha value is -4.41. The van der Waals surface area contributed by atoms with Gasteiger partial charge in [-0.3, -0.25) is 19.3 Å². The lowest BCUT2D eigenvalue weighted by molar-refractivity contribution is -0.144. The van der Waals surface area contributed by atoms with Crippen LogP contribution < -0.4 is 10.6 Å². The van der Waals surface area contributed by atoms with Crippen molar-refractivity contribution >= 4 is 29.8 Å². The molecule has 1 atom stereocenters. The van der Waals surface area contributed by atoms with Crippen molar-refractivity contribution in [1.82, 2.24) is 15.5 Å². The summed E-state index contributed by atoms with van der Waals surface area (Å²) in [4.78, 5) is 63.4. The van der Waals surface area contributed by atoms with Crippen LogP contribution in [0.25, 0.3) is 0 Å². The molecular formula is C25H25N3O8. The molecule has 0 aliphatic carbocycles. The number of amides is 4. The van der Waals surface area contributed by atoms with E-state index in [1.165, 1.54) is 6.26 Å². The topological polar surface area (TPSA) is 144 Å². The number of nitrogens with zero attached hydrogens (tertiary/aromatic N) is 1. The number of hydrogen-bond acceptors (Lipinski definition) is 8. The summed E-state index contributed by atoms with van der Waals surface area (Å²) in [5.41, 5.74) is 1.70. The quantitative estimate of drug-likeness (QED) is 0.399. The summed E-state index contributed by atoms with van der Waals surface area (Å²) in [6, 6.07) is 6.75. The number of esters is 2. The standard InChI is InChI=1S/C25H25N3O8/c1-3-34-24(32)20-17(26-25(33)27-21(20)18-6-5-11-35-18)13-36-19(29)7-4-10-28-22(30)15-9-8-14(2)12-16(15)23(28)31/h5-6,8-9,11-12,21H,3-4,7,10,13H2,1-2H3,(H2,26,27,33). The number of urea groups is 1. The van der Waals surface area contributed by atoms with Crippen molar-refractivity contribution in [2.75, 3.05) is 19.8 Å². The summed E-state index contributed by atoms with van der Waals surface area (Å²) < 4.78 is 15.8. The van der Waals surface area contributed by atoms with Crippen molar-refractivity contribution in [3.05, 3.63) is 70.3 Å². The van der Waals surface area contributed by atoms with Crippen molar-refractivity contribution in [2.45, 2.75) is 32.7 Å². The Morgan fingerprint density at radius 2 is 1.86 bits per heavy atom. The number of benzene rings is 1. The van der Waals surface area contributed by atoms with E-state index in [2.05, 4.69) is 10.6 Å². The molecule has 0 radical (unpaired) electrons. The highest BCUT2D eigenvalue weighted by Gasteiger charge is 2.36. The van der Waals surface area contributed by atoms with E-state index in [1.807, 2.05) is 6.92 Å². The van der Waals surface area contributed by atoms with Gasteiger partial charge in [-0.1, -0.05) is 11.6 Å². The van der Waals surface area contributed by atoms with Crippen LogP contribution in [-0.2, 0) is 19.1 Å². The summed E-state index contributed by atoms with van der Waals surface area (Å²) in [7, 11) is 0. The van der Waals surface area contributed by atoms with Crippen LogP contribution in [0.2, 0.25) is 0 Å². The molecule has 2 aliphatic rings. The number of fused-ring (bicyclic) bond motifs is 1. The van der Waals surface area contributed by atoms with Gasteiger partial charge >= 0.3 is 18.0 Å². The number of imide groups is 1. The third kappa shape index (κ3) is 4.99. The maximum atomic E-state index is 12.6. The predicted octanol–water partition coefficient (Wildman–Crippen LogP) is 2.38. The summed E-state index contributed by atoms with van der Waals surface area (Å²) in [5, 5.41) is 5.09. The molecule has 0 saturated carbocycles. The molecular weight excluding hydrogens is 470 g/mol. The van der Waals surface area contributed by atoms with Crippen molar-refractivity contribution < 1.29 is 37.9 Å². The van der Waals surface area contributed by atoms with Crippen LogP contribution >= 0.6 is 0 Å². The molecule has 11 heteroatoms. The molecule has 4 amide bonds. The average Bonchev–Trinajstić information content (AvgIpc) is 3.46. The third-order valence-electron chi connectivity index (χ3n) is 5.74. The molecule has 36 heavy (non-hydrogen) atoms. The number of rotatable bonds is 9. The first-order chi connectivity index (χ1) is 17.3. The minimum atomic E-state index is -0.918. The van der Waals surface area contributed by atoms with E-state index in [-0.39, 0.29) is 43.9 Å². The van der Waals surface area contributed by atoms with Crippen LogP contribution in [0.5, 0.6) is 0 Å². The van der Waals surface area contributed by atoms with Crippen molar-refractivity contribution in [3.63, 3.8) is 0 Å². The zero-order chi connectivity index (χ0) is 25.8. The van der Waals surface area contributed by atoms with E-state index in [0.29, 0.717) is 16.9 Å². The first kappa shape index (κ1) is 24.7. The lowest BCUT2D eigenvalue weighted by Gasteiger charge is -2.27. The van der Waals surface area contributed by atoms with Gasteiger partial charge in [0.05, 0.1) is 35.3 Å². The van der Waals surface area contributed by atoms with Crippen LogP contribution in [0.1, 0.15) is 57.8 Å². The number of carbonyl (C=O) groups is 5. The number of carbonyl (C=O) groups excluding carboxylic acids is 5. The van der Waals surface area contributed by atoms with Gasteiger partial charge in [0, 0.05) is 13.0 Å². The first-order valence-electron chi connectivity index (χ1n) is 11.4. The molecule has 3 heterocycles. The van der Waals surface area contributed by atoms with Gasteiger partial charge in [0.2, 0.25) is 0 Å². The second-order valence-corrected chi connectivity index (χ2v) is 8.23. The monoisotopic (exact) mass is 495 g/mol. The van der Waals surface area contributed by atoms with Crippen LogP contribution in [0.4, 0.5) is 4.79 Å². The molecule has 0 spiro atoms. The molecule has 0 bridgehead atoms. The van der Waals surface area contributed by atoms with Gasteiger partial charge in [-0.15, -0.1) is 0 Å². The van der Waals surface area contributed by atoms with Crippen molar-refractivity contribution in [3.8, 4) is 0 Å². The van der Waals surface area contributed by atoms with E-state index in [1.54, 1.807) is 37.3 Å². The average molecular weight is 495 g/mol. The molecule has 1 aromatic carbocycles. The van der Waals surface area contributed by atoms with Gasteiger partial charge in [-0.05, 0) is 44.5 Å². The maximum Gasteiger partial charge on any atom is 0.338 e. The molecule has 0 fully saturated rings. The highest BCUT2D eigenvalue weighted by atomic mass is 16.5. The molecule has 2 aliphatic heterocycles. The van der Waals surface area contributed by atoms with Gasteiger partial charge in [-0.2, -0.15) is 0 Å². The molecule has 1 aromatic heterocycles. The summed E-state index contributed by atoms with van der Waals surface area (Å²) in [6.45, 7) is 3.25. The normalized spacial score (nSPS) is 17.0. The van der Waals surface area contributed by atoms with Crippen molar-refractivity contribution in [1.29, 1.82) is 0 Å². The Balaban J connectivity index is 1.38. The maximum absolute atomic E-state index is 12.6. The Bertz CT molecular complexity index is 1250. The minimum absolute atomic E-state index is 0.0541. The van der Waals surface area contributed by atoms with Gasteiger partial charge in [0.1, 0.15) is 18.4 Å². The minimum Gasteiger partial charge on any atom is -0.467 e. The Labute approximate surface area is 206 Å². The third-order valence-corrected chi connectivity index (χ3v) is 5.74. The predicted molar refractivity (Wildman–Crippen MR) is 124 cm³/mol. The zero-order valence-corrected chi connectivity index (χ0v) is 19.8. The molecule has 2 N–H and O–H groups in total. The Morgan fingerprint density at radius 3 is 2.58 bits per heavy atom. The fraction of sp³-hybridized carbons (Fsp3) is 0.320.